The van der Waals surface area contributed by atoms with Gasteiger partial charge in [0.25, 0.3) is 0 Å². The summed E-state index contributed by atoms with van der Waals surface area (Å²) in [7, 11) is -3.44. The summed E-state index contributed by atoms with van der Waals surface area (Å²) in [5.74, 6) is 2.14. The van der Waals surface area contributed by atoms with Gasteiger partial charge in [0.05, 0.1) is 11.8 Å². The van der Waals surface area contributed by atoms with Crippen LogP contribution in [0.3, 0.4) is 0 Å². The summed E-state index contributed by atoms with van der Waals surface area (Å²) >= 11 is 0. The van der Waals surface area contributed by atoms with Crippen LogP contribution in [0, 0.1) is 12.3 Å². The minimum atomic E-state index is -3.44. The van der Waals surface area contributed by atoms with E-state index in [0.29, 0.717) is 11.3 Å². The number of nitrogen functional groups attached to an aromatic ring is 1. The van der Waals surface area contributed by atoms with E-state index < -0.39 is 16.1 Å². The van der Waals surface area contributed by atoms with Gasteiger partial charge in [-0.05, 0) is 18.6 Å². The Labute approximate surface area is 95.9 Å². The number of hydrogen-bond acceptors (Lipinski definition) is 3. The summed E-state index contributed by atoms with van der Waals surface area (Å²) in [6.07, 6.45) is 5.10. The standard InChI is InChI=1S/C11H14N2O2S/c1-3-9(2)13-16(14,15)8-10-6-4-5-7-11(10)12/h1,4-7,9,13H,8,12H2,2H3. The molecule has 0 saturated heterocycles. The lowest BCUT2D eigenvalue weighted by Crippen LogP contribution is -2.32. The highest BCUT2D eigenvalue weighted by Gasteiger charge is 2.15. The third-order valence-corrected chi connectivity index (χ3v) is 3.41. The highest BCUT2D eigenvalue weighted by Crippen LogP contribution is 2.13. The highest BCUT2D eigenvalue weighted by molar-refractivity contribution is 7.88. The summed E-state index contributed by atoms with van der Waals surface area (Å²) in [6.45, 7) is 1.60. The van der Waals surface area contributed by atoms with Crippen molar-refractivity contribution < 1.29 is 8.42 Å². The predicted molar refractivity (Wildman–Crippen MR) is 64.9 cm³/mol. The predicted octanol–water partition coefficient (Wildman–Crippen LogP) is 0.710. The number of rotatable bonds is 4. The first-order chi connectivity index (χ1) is 7.44. The Bertz CT molecular complexity index is 503. The van der Waals surface area contributed by atoms with Gasteiger partial charge in [-0.3, -0.25) is 0 Å². The smallest absolute Gasteiger partial charge is 0.216 e. The van der Waals surface area contributed by atoms with E-state index in [2.05, 4.69) is 10.6 Å². The van der Waals surface area contributed by atoms with Crippen molar-refractivity contribution in [3.8, 4) is 12.3 Å². The van der Waals surface area contributed by atoms with Crippen LogP contribution in [0.5, 0.6) is 0 Å². The molecule has 0 aliphatic carbocycles. The number of anilines is 1. The second-order valence-corrected chi connectivity index (χ2v) is 5.22. The molecule has 0 aromatic heterocycles. The van der Waals surface area contributed by atoms with E-state index in [1.54, 1.807) is 31.2 Å². The van der Waals surface area contributed by atoms with E-state index in [1.165, 1.54) is 0 Å². The van der Waals surface area contributed by atoms with E-state index in [-0.39, 0.29) is 5.75 Å². The van der Waals surface area contributed by atoms with E-state index in [4.69, 9.17) is 12.2 Å². The van der Waals surface area contributed by atoms with Crippen molar-refractivity contribution in [2.24, 2.45) is 0 Å². The molecule has 0 radical (unpaired) electrons. The van der Waals surface area contributed by atoms with Crippen LogP contribution in [-0.2, 0) is 15.8 Å². The third kappa shape index (κ3) is 3.57. The quantitative estimate of drug-likeness (QED) is 0.599. The van der Waals surface area contributed by atoms with Gasteiger partial charge < -0.3 is 5.73 Å². The molecule has 5 heteroatoms. The van der Waals surface area contributed by atoms with E-state index in [9.17, 15) is 8.42 Å². The lowest BCUT2D eigenvalue weighted by atomic mass is 10.2. The SMILES string of the molecule is C#CC(C)NS(=O)(=O)Cc1ccccc1N. The Hall–Kier alpha value is -1.51. The molecule has 4 nitrogen and oxygen atoms in total. The zero-order valence-corrected chi connectivity index (χ0v) is 9.79. The van der Waals surface area contributed by atoms with Gasteiger partial charge in [0, 0.05) is 5.69 Å². The average molecular weight is 238 g/mol. The molecular formula is C11H14N2O2S. The monoisotopic (exact) mass is 238 g/mol. The fourth-order valence-corrected chi connectivity index (χ4v) is 2.58. The maximum absolute atomic E-state index is 11.7. The minimum absolute atomic E-state index is 0.161. The van der Waals surface area contributed by atoms with Gasteiger partial charge in [0.15, 0.2) is 0 Å². The van der Waals surface area contributed by atoms with Crippen LogP contribution >= 0.6 is 0 Å². The molecule has 1 aromatic carbocycles. The summed E-state index contributed by atoms with van der Waals surface area (Å²) in [4.78, 5) is 0. The molecule has 0 bridgehead atoms. The van der Waals surface area contributed by atoms with Crippen molar-refractivity contribution in [1.82, 2.24) is 4.72 Å². The number of terminal acetylenes is 1. The number of benzene rings is 1. The molecule has 0 aliphatic rings. The minimum Gasteiger partial charge on any atom is -0.398 e. The van der Waals surface area contributed by atoms with Crippen molar-refractivity contribution in [1.29, 1.82) is 0 Å². The second-order valence-electron chi connectivity index (χ2n) is 3.46. The van der Waals surface area contributed by atoms with E-state index in [1.807, 2.05) is 0 Å². The van der Waals surface area contributed by atoms with Gasteiger partial charge in [-0.1, -0.05) is 24.1 Å². The van der Waals surface area contributed by atoms with Gasteiger partial charge in [-0.2, -0.15) is 0 Å². The van der Waals surface area contributed by atoms with Crippen molar-refractivity contribution >= 4 is 15.7 Å². The molecule has 3 N–H and O–H groups in total. The highest BCUT2D eigenvalue weighted by atomic mass is 32.2. The number of hydrogen-bond donors (Lipinski definition) is 2. The van der Waals surface area contributed by atoms with Crippen LogP contribution in [0.2, 0.25) is 0 Å². The summed E-state index contributed by atoms with van der Waals surface area (Å²) in [6, 6.07) is 6.31. The van der Waals surface area contributed by atoms with Gasteiger partial charge in [-0.15, -0.1) is 6.42 Å². The number of nitrogens with two attached hydrogens (primary N) is 1. The Kier molecular flexibility index (Phi) is 3.93. The van der Waals surface area contributed by atoms with Crippen LogP contribution in [-0.4, -0.2) is 14.5 Å². The average Bonchev–Trinajstić information content (AvgIpc) is 2.20. The molecule has 16 heavy (non-hydrogen) atoms. The second kappa shape index (κ2) is 5.01. The molecule has 0 spiro atoms. The molecule has 86 valence electrons. The maximum Gasteiger partial charge on any atom is 0.216 e. The molecule has 0 aliphatic heterocycles. The van der Waals surface area contributed by atoms with Crippen molar-refractivity contribution in [3.05, 3.63) is 29.8 Å². The molecule has 1 rings (SSSR count). The molecule has 1 unspecified atom stereocenters. The Balaban J connectivity index is 2.82. The van der Waals surface area contributed by atoms with Crippen molar-refractivity contribution in [2.75, 3.05) is 5.73 Å². The molecule has 1 aromatic rings. The zero-order valence-electron chi connectivity index (χ0n) is 8.97. The molecule has 1 atom stereocenters. The van der Waals surface area contributed by atoms with Gasteiger partial charge in [0.1, 0.15) is 0 Å². The molecule has 0 saturated carbocycles. The van der Waals surface area contributed by atoms with Crippen molar-refractivity contribution in [3.63, 3.8) is 0 Å². The molecule has 0 fully saturated rings. The van der Waals surface area contributed by atoms with Crippen LogP contribution in [0.4, 0.5) is 5.69 Å². The maximum atomic E-state index is 11.7. The van der Waals surface area contributed by atoms with Crippen LogP contribution < -0.4 is 10.5 Å². The first-order valence-electron chi connectivity index (χ1n) is 4.74. The number of para-hydroxylation sites is 1. The Morgan fingerprint density at radius 3 is 2.69 bits per heavy atom. The number of nitrogens with one attached hydrogen (secondary N) is 1. The lowest BCUT2D eigenvalue weighted by Gasteiger charge is -2.10. The lowest BCUT2D eigenvalue weighted by molar-refractivity contribution is 0.577. The fourth-order valence-electron chi connectivity index (χ4n) is 1.22. The van der Waals surface area contributed by atoms with Crippen LogP contribution in [0.25, 0.3) is 0 Å². The van der Waals surface area contributed by atoms with Crippen LogP contribution in [0.15, 0.2) is 24.3 Å². The van der Waals surface area contributed by atoms with Crippen LogP contribution in [0.1, 0.15) is 12.5 Å². The molecule has 0 amide bonds. The first kappa shape index (κ1) is 12.6. The molecular weight excluding hydrogens is 224 g/mol. The number of sulfonamides is 1. The topological polar surface area (TPSA) is 72.2 Å². The Morgan fingerprint density at radius 1 is 1.50 bits per heavy atom. The van der Waals surface area contributed by atoms with Gasteiger partial charge in [-0.25, -0.2) is 13.1 Å². The van der Waals surface area contributed by atoms with E-state index >= 15 is 0 Å². The largest absolute Gasteiger partial charge is 0.398 e. The summed E-state index contributed by atoms with van der Waals surface area (Å²) in [5.41, 5.74) is 6.69. The summed E-state index contributed by atoms with van der Waals surface area (Å²) < 4.78 is 25.7. The summed E-state index contributed by atoms with van der Waals surface area (Å²) in [5, 5.41) is 0. The normalized spacial score (nSPS) is 13.0. The van der Waals surface area contributed by atoms with E-state index in [0.717, 1.165) is 0 Å². The fraction of sp³-hybridized carbons (Fsp3) is 0.273. The van der Waals surface area contributed by atoms with Crippen molar-refractivity contribution in [2.45, 2.75) is 18.7 Å². The van der Waals surface area contributed by atoms with Gasteiger partial charge in [0.2, 0.25) is 10.0 Å². The Morgan fingerprint density at radius 2 is 2.12 bits per heavy atom. The molecule has 0 heterocycles. The first-order valence-corrected chi connectivity index (χ1v) is 6.39. The third-order valence-electron chi connectivity index (χ3n) is 2.01. The van der Waals surface area contributed by atoms with Gasteiger partial charge >= 0.3 is 0 Å². The zero-order chi connectivity index (χ0) is 12.2.